The van der Waals surface area contributed by atoms with Crippen molar-refractivity contribution in [3.05, 3.63) is 64.9 Å². The molecule has 0 saturated carbocycles. The fourth-order valence-electron chi connectivity index (χ4n) is 3.44. The zero-order valence-corrected chi connectivity index (χ0v) is 18.6. The number of nitrogens with zero attached hydrogens (tertiary/aromatic N) is 4. The Morgan fingerprint density at radius 3 is 2.59 bits per heavy atom. The predicted molar refractivity (Wildman–Crippen MR) is 126 cm³/mol. The minimum atomic E-state index is -0.460. The number of ether oxygens (including phenoxy) is 1. The van der Waals surface area contributed by atoms with E-state index in [1.54, 1.807) is 42.7 Å². The number of hydrogen-bond acceptors (Lipinski definition) is 10. The van der Waals surface area contributed by atoms with Crippen LogP contribution in [-0.4, -0.2) is 51.4 Å². The van der Waals surface area contributed by atoms with E-state index in [0.717, 1.165) is 11.2 Å². The molecule has 1 fully saturated rings. The number of rotatable bonds is 4. The highest BCUT2D eigenvalue weighted by Gasteiger charge is 2.24. The number of thiophene rings is 1. The second-order valence-corrected chi connectivity index (χ2v) is 8.48. The molecule has 0 spiro atoms. The second kappa shape index (κ2) is 9.47. The molecule has 1 aliphatic heterocycles. The third-order valence-electron chi connectivity index (χ3n) is 5.11. The van der Waals surface area contributed by atoms with E-state index >= 15 is 0 Å². The number of nitrogen functional groups attached to an aromatic ring is 1. The van der Waals surface area contributed by atoms with E-state index in [0.29, 0.717) is 46.2 Å². The molecule has 5 rings (SSSR count). The van der Waals surface area contributed by atoms with E-state index in [4.69, 9.17) is 15.5 Å². The fourth-order valence-corrected chi connectivity index (χ4v) is 4.47. The van der Waals surface area contributed by atoms with E-state index in [1.165, 1.54) is 11.3 Å². The largest absolute Gasteiger partial charge is 0.369 e. The lowest BCUT2D eigenvalue weighted by molar-refractivity contribution is 0.0261. The molecular weight excluding hydrogens is 456 g/mol. The molecule has 11 nitrogen and oxygen atoms in total. The maximum atomic E-state index is 12.8. The summed E-state index contributed by atoms with van der Waals surface area (Å²) in [5.41, 5.74) is 12.8. The monoisotopic (exact) mass is 476 g/mol. The Bertz CT molecular complexity index is 1340. The van der Waals surface area contributed by atoms with Crippen molar-refractivity contribution >= 4 is 39.3 Å². The molecule has 1 aliphatic rings. The maximum absolute atomic E-state index is 12.8. The number of nitrogens with two attached hydrogens (primary N) is 1. The van der Waals surface area contributed by atoms with Crippen LogP contribution in [0.5, 0.6) is 0 Å². The van der Waals surface area contributed by atoms with Gasteiger partial charge in [0.15, 0.2) is 5.82 Å². The molecule has 34 heavy (non-hydrogen) atoms. The summed E-state index contributed by atoms with van der Waals surface area (Å²) in [5.74, 6) is -0.322. The van der Waals surface area contributed by atoms with Crippen molar-refractivity contribution in [1.29, 1.82) is 0 Å². The normalized spacial score (nSPS) is 15.7. The van der Waals surface area contributed by atoms with Crippen molar-refractivity contribution in [1.82, 2.24) is 36.1 Å². The smallest absolute Gasteiger partial charge is 0.279 e. The summed E-state index contributed by atoms with van der Waals surface area (Å²) >= 11 is 1.23. The summed E-state index contributed by atoms with van der Waals surface area (Å²) < 4.78 is 6.65. The van der Waals surface area contributed by atoms with Gasteiger partial charge in [-0.25, -0.2) is 19.9 Å². The van der Waals surface area contributed by atoms with Crippen molar-refractivity contribution in [3.8, 4) is 11.4 Å². The number of anilines is 1. The van der Waals surface area contributed by atoms with Gasteiger partial charge in [0.2, 0.25) is 5.95 Å². The summed E-state index contributed by atoms with van der Waals surface area (Å²) in [6.45, 7) is 1.87. The van der Waals surface area contributed by atoms with Crippen LogP contribution in [0.3, 0.4) is 0 Å². The number of nitrogens with one attached hydrogen (secondary N) is 3. The van der Waals surface area contributed by atoms with Crippen molar-refractivity contribution in [2.45, 2.75) is 6.10 Å². The number of aromatic nitrogens is 4. The lowest BCUT2D eigenvalue weighted by Crippen LogP contribution is -2.41. The average Bonchev–Trinajstić information content (AvgIpc) is 3.32. The zero-order chi connectivity index (χ0) is 23.5. The van der Waals surface area contributed by atoms with Gasteiger partial charge in [-0.15, -0.1) is 11.3 Å². The van der Waals surface area contributed by atoms with Crippen LogP contribution in [0.1, 0.15) is 31.8 Å². The quantitative estimate of drug-likeness (QED) is 0.320. The molecule has 0 radical (unpaired) electrons. The molecule has 4 heterocycles. The van der Waals surface area contributed by atoms with Crippen LogP contribution < -0.4 is 21.9 Å². The molecule has 2 amide bonds. The van der Waals surface area contributed by atoms with Gasteiger partial charge < -0.3 is 15.8 Å². The summed E-state index contributed by atoms with van der Waals surface area (Å²) in [7, 11) is 0. The first-order valence-electron chi connectivity index (χ1n) is 10.5. The molecule has 3 aromatic heterocycles. The highest BCUT2D eigenvalue weighted by molar-refractivity contribution is 7.21. The van der Waals surface area contributed by atoms with Crippen molar-refractivity contribution < 1.29 is 14.3 Å². The fraction of sp³-hybridized carbons (Fsp3) is 0.182. The molecule has 172 valence electrons. The molecule has 4 aromatic rings. The minimum absolute atomic E-state index is 0.150. The lowest BCUT2D eigenvalue weighted by Gasteiger charge is -2.23. The number of carbonyl (C=O) groups excluding carboxylic acids is 2. The van der Waals surface area contributed by atoms with Crippen LogP contribution in [0.2, 0.25) is 0 Å². The van der Waals surface area contributed by atoms with E-state index in [2.05, 4.69) is 31.1 Å². The maximum Gasteiger partial charge on any atom is 0.279 e. The van der Waals surface area contributed by atoms with E-state index in [-0.39, 0.29) is 12.1 Å². The topological polar surface area (TPSA) is 157 Å². The SMILES string of the molecule is Nc1ncc(-c2nc(C3CNCCO3)c3sc(C(=O)NNC(=O)c4ccccc4)cc3n2)cn1. The molecule has 1 saturated heterocycles. The number of benzene rings is 1. The zero-order valence-electron chi connectivity index (χ0n) is 17.8. The molecule has 1 atom stereocenters. The van der Waals surface area contributed by atoms with Gasteiger partial charge in [-0.2, -0.15) is 0 Å². The van der Waals surface area contributed by atoms with Gasteiger partial charge in [0.1, 0.15) is 6.10 Å². The van der Waals surface area contributed by atoms with Gasteiger partial charge in [0.05, 0.1) is 33.0 Å². The standard InChI is InChI=1S/C22H20N8O3S/c23-22-25-9-13(10-26-22)19-27-14-8-16(21(32)30-29-20(31)12-4-2-1-3-5-12)34-18(14)17(28-19)15-11-24-6-7-33-15/h1-5,8-10,15,24H,6-7,11H2,(H,29,31)(H,30,32)(H2,23,25,26). The molecule has 5 N–H and O–H groups in total. The van der Waals surface area contributed by atoms with Crippen LogP contribution >= 0.6 is 11.3 Å². The molecule has 1 unspecified atom stereocenters. The summed E-state index contributed by atoms with van der Waals surface area (Å²) in [6, 6.07) is 10.3. The predicted octanol–water partition coefficient (Wildman–Crippen LogP) is 1.47. The average molecular weight is 477 g/mol. The second-order valence-electron chi connectivity index (χ2n) is 7.43. The highest BCUT2D eigenvalue weighted by atomic mass is 32.1. The van der Waals surface area contributed by atoms with Crippen LogP contribution in [0.15, 0.2) is 48.8 Å². The first kappa shape index (κ1) is 21.8. The number of hydrazine groups is 1. The molecular formula is C22H20N8O3S. The van der Waals surface area contributed by atoms with Crippen LogP contribution in [-0.2, 0) is 4.74 Å². The van der Waals surface area contributed by atoms with Gasteiger partial charge in [-0.3, -0.25) is 20.4 Å². The van der Waals surface area contributed by atoms with E-state index < -0.39 is 11.8 Å². The Hall–Kier alpha value is -4.00. The lowest BCUT2D eigenvalue weighted by atomic mass is 10.2. The number of amides is 2. The summed E-state index contributed by atoms with van der Waals surface area (Å²) in [6.07, 6.45) is 2.79. The van der Waals surface area contributed by atoms with Crippen LogP contribution in [0.25, 0.3) is 21.6 Å². The van der Waals surface area contributed by atoms with Gasteiger partial charge >= 0.3 is 0 Å². The Kier molecular flexibility index (Phi) is 6.08. The van der Waals surface area contributed by atoms with Gasteiger partial charge in [-0.1, -0.05) is 18.2 Å². The first-order valence-corrected chi connectivity index (χ1v) is 11.3. The van der Waals surface area contributed by atoms with E-state index in [9.17, 15) is 9.59 Å². The van der Waals surface area contributed by atoms with Crippen molar-refractivity contribution in [2.24, 2.45) is 0 Å². The molecule has 0 bridgehead atoms. The van der Waals surface area contributed by atoms with Gasteiger partial charge in [0.25, 0.3) is 11.8 Å². The van der Waals surface area contributed by atoms with Crippen LogP contribution in [0, 0.1) is 0 Å². The number of hydrogen-bond donors (Lipinski definition) is 4. The third kappa shape index (κ3) is 4.55. The van der Waals surface area contributed by atoms with Crippen molar-refractivity contribution in [3.63, 3.8) is 0 Å². The summed E-state index contributed by atoms with van der Waals surface area (Å²) in [4.78, 5) is 42.8. The van der Waals surface area contributed by atoms with Crippen LogP contribution in [0.4, 0.5) is 5.95 Å². The number of carbonyl (C=O) groups is 2. The first-order chi connectivity index (χ1) is 16.6. The Labute approximate surface area is 197 Å². The van der Waals surface area contributed by atoms with E-state index in [1.807, 2.05) is 6.07 Å². The van der Waals surface area contributed by atoms with Gasteiger partial charge in [0, 0.05) is 31.0 Å². The molecule has 1 aromatic carbocycles. The van der Waals surface area contributed by atoms with Crippen molar-refractivity contribution in [2.75, 3.05) is 25.4 Å². The molecule has 12 heteroatoms. The Morgan fingerprint density at radius 1 is 1.09 bits per heavy atom. The third-order valence-corrected chi connectivity index (χ3v) is 6.26. The number of morpholine rings is 1. The Balaban J connectivity index is 1.46. The molecule has 0 aliphatic carbocycles. The Morgan fingerprint density at radius 2 is 1.85 bits per heavy atom. The highest BCUT2D eigenvalue weighted by Crippen LogP contribution is 2.33. The number of fused-ring (bicyclic) bond motifs is 1. The summed E-state index contributed by atoms with van der Waals surface area (Å²) in [5, 5.41) is 3.29. The minimum Gasteiger partial charge on any atom is -0.369 e. The van der Waals surface area contributed by atoms with Gasteiger partial charge in [-0.05, 0) is 18.2 Å².